The van der Waals surface area contributed by atoms with Gasteiger partial charge in [0.1, 0.15) is 5.82 Å². The summed E-state index contributed by atoms with van der Waals surface area (Å²) in [6.45, 7) is 1.72. The van der Waals surface area contributed by atoms with Gasteiger partial charge in [0, 0.05) is 35.8 Å². The molecule has 126 valence electrons. The van der Waals surface area contributed by atoms with Gasteiger partial charge >= 0.3 is 0 Å². The molecule has 0 aliphatic carbocycles. The molecule has 1 atom stereocenters. The van der Waals surface area contributed by atoms with Crippen molar-refractivity contribution in [2.24, 2.45) is 0 Å². The summed E-state index contributed by atoms with van der Waals surface area (Å²) in [6, 6.07) is 18.0. The van der Waals surface area contributed by atoms with Gasteiger partial charge in [0.05, 0.1) is 0 Å². The second kappa shape index (κ2) is 7.07. The van der Waals surface area contributed by atoms with Crippen LogP contribution in [-0.2, 0) is 0 Å². The molecule has 4 rings (SSSR count). The first-order valence-electron chi connectivity index (χ1n) is 8.40. The molecule has 0 spiro atoms. The fourth-order valence-electron chi connectivity index (χ4n) is 3.12. The highest BCUT2D eigenvalue weighted by Crippen LogP contribution is 2.25. The van der Waals surface area contributed by atoms with Crippen LogP contribution in [0.4, 0.5) is 5.82 Å². The van der Waals surface area contributed by atoms with E-state index in [4.69, 9.17) is 0 Å². The zero-order valence-corrected chi connectivity index (χ0v) is 14.6. The molecule has 3 aromatic rings. The van der Waals surface area contributed by atoms with Gasteiger partial charge in [0.15, 0.2) is 0 Å². The molecule has 0 unspecified atom stereocenters. The zero-order valence-electron chi connectivity index (χ0n) is 13.8. The first-order valence-corrected chi connectivity index (χ1v) is 9.28. The number of rotatable bonds is 4. The summed E-state index contributed by atoms with van der Waals surface area (Å²) < 4.78 is 0. The molecule has 1 aliphatic rings. The van der Waals surface area contributed by atoms with Crippen LogP contribution in [0.15, 0.2) is 66.2 Å². The first-order chi connectivity index (χ1) is 12.3. The number of carbonyl (C=O) groups is 1. The summed E-state index contributed by atoms with van der Waals surface area (Å²) in [5.74, 6) is 0.963. The Hall–Kier alpha value is -2.66. The summed E-state index contributed by atoms with van der Waals surface area (Å²) in [5, 5.41) is 5.20. The topological polar surface area (TPSA) is 45.2 Å². The normalized spacial score (nSPS) is 16.8. The van der Waals surface area contributed by atoms with Crippen LogP contribution < -0.4 is 10.2 Å². The molecule has 1 fully saturated rings. The Labute approximate surface area is 151 Å². The van der Waals surface area contributed by atoms with E-state index >= 15 is 0 Å². The Kier molecular flexibility index (Phi) is 4.48. The first kappa shape index (κ1) is 15.8. The Morgan fingerprint density at radius 1 is 1.12 bits per heavy atom. The monoisotopic (exact) mass is 349 g/mol. The smallest absolute Gasteiger partial charge is 0.251 e. The van der Waals surface area contributed by atoms with E-state index in [0.717, 1.165) is 30.9 Å². The van der Waals surface area contributed by atoms with Gasteiger partial charge in [-0.25, -0.2) is 4.98 Å². The zero-order chi connectivity index (χ0) is 17.1. The van der Waals surface area contributed by atoms with Gasteiger partial charge in [-0.1, -0.05) is 24.3 Å². The minimum absolute atomic E-state index is 0.00870. The molecule has 1 saturated heterocycles. The summed E-state index contributed by atoms with van der Waals surface area (Å²) in [4.78, 5) is 20.3. The molecule has 1 aliphatic heterocycles. The van der Waals surface area contributed by atoms with Gasteiger partial charge in [0.25, 0.3) is 5.91 Å². The number of benzene rings is 1. The number of hydrogen-bond donors (Lipinski definition) is 1. The number of aromatic nitrogens is 1. The molecule has 2 aromatic heterocycles. The molecule has 0 bridgehead atoms. The lowest BCUT2D eigenvalue weighted by molar-refractivity contribution is 0.0940. The van der Waals surface area contributed by atoms with E-state index in [0.29, 0.717) is 5.56 Å². The maximum atomic E-state index is 12.5. The fourth-order valence-corrected chi connectivity index (χ4v) is 3.86. The lowest BCUT2D eigenvalue weighted by Crippen LogP contribution is -2.37. The molecule has 5 heteroatoms. The highest BCUT2D eigenvalue weighted by atomic mass is 32.1. The lowest BCUT2D eigenvalue weighted by Gasteiger charge is -2.17. The van der Waals surface area contributed by atoms with Crippen molar-refractivity contribution in [1.82, 2.24) is 10.3 Å². The maximum absolute atomic E-state index is 12.5. The van der Waals surface area contributed by atoms with Gasteiger partial charge in [-0.2, -0.15) is 0 Å². The minimum atomic E-state index is -0.00870. The third-order valence-corrected chi connectivity index (χ3v) is 5.37. The SMILES string of the molecule is O=C(N[C@@H]1CCN(c2ccccn2)C1)c1ccc(-c2cccs2)cc1. The number of carbonyl (C=O) groups excluding carboxylic acids is 1. The van der Waals surface area contributed by atoms with E-state index in [9.17, 15) is 4.79 Å². The van der Waals surface area contributed by atoms with Gasteiger partial charge in [-0.3, -0.25) is 4.79 Å². The van der Waals surface area contributed by atoms with Crippen LogP contribution in [0, 0.1) is 0 Å². The molecule has 3 heterocycles. The summed E-state index contributed by atoms with van der Waals surface area (Å²) >= 11 is 1.70. The highest BCUT2D eigenvalue weighted by Gasteiger charge is 2.24. The molecule has 1 N–H and O–H groups in total. The van der Waals surface area contributed by atoms with Crippen molar-refractivity contribution >= 4 is 23.1 Å². The van der Waals surface area contributed by atoms with Crippen molar-refractivity contribution in [3.63, 3.8) is 0 Å². The van der Waals surface area contributed by atoms with E-state index in [1.54, 1.807) is 17.5 Å². The van der Waals surface area contributed by atoms with E-state index in [-0.39, 0.29) is 11.9 Å². The Bertz CT molecular complexity index is 831. The summed E-state index contributed by atoms with van der Waals surface area (Å²) in [7, 11) is 0. The van der Waals surface area contributed by atoms with Crippen LogP contribution >= 0.6 is 11.3 Å². The largest absolute Gasteiger partial charge is 0.354 e. The third kappa shape index (κ3) is 3.56. The van der Waals surface area contributed by atoms with E-state index in [2.05, 4.69) is 26.6 Å². The van der Waals surface area contributed by atoms with Gasteiger partial charge in [0.2, 0.25) is 0 Å². The van der Waals surface area contributed by atoms with Crippen LogP contribution in [0.2, 0.25) is 0 Å². The molecular weight excluding hydrogens is 330 g/mol. The van der Waals surface area contributed by atoms with Crippen molar-refractivity contribution in [2.45, 2.75) is 12.5 Å². The van der Waals surface area contributed by atoms with Crippen molar-refractivity contribution in [3.8, 4) is 10.4 Å². The second-order valence-corrected chi connectivity index (χ2v) is 7.10. The van der Waals surface area contributed by atoms with Crippen LogP contribution in [0.5, 0.6) is 0 Å². The van der Waals surface area contributed by atoms with Crippen molar-refractivity contribution in [2.75, 3.05) is 18.0 Å². The van der Waals surface area contributed by atoms with Crippen LogP contribution in [0.3, 0.4) is 0 Å². The number of pyridine rings is 1. The number of hydrogen-bond acceptors (Lipinski definition) is 4. The summed E-state index contributed by atoms with van der Waals surface area (Å²) in [5.41, 5.74) is 1.85. The number of nitrogens with zero attached hydrogens (tertiary/aromatic N) is 2. The number of amides is 1. The number of thiophene rings is 1. The molecule has 0 radical (unpaired) electrons. The quantitative estimate of drug-likeness (QED) is 0.779. The van der Waals surface area contributed by atoms with Crippen molar-refractivity contribution in [3.05, 3.63) is 71.7 Å². The highest BCUT2D eigenvalue weighted by molar-refractivity contribution is 7.13. The molecule has 0 saturated carbocycles. The molecular formula is C20H19N3OS. The molecule has 1 aromatic carbocycles. The third-order valence-electron chi connectivity index (χ3n) is 4.45. The van der Waals surface area contributed by atoms with Crippen LogP contribution in [-0.4, -0.2) is 30.0 Å². The van der Waals surface area contributed by atoms with Gasteiger partial charge < -0.3 is 10.2 Å². The molecule has 4 nitrogen and oxygen atoms in total. The molecule has 1 amide bonds. The minimum Gasteiger partial charge on any atom is -0.354 e. The Morgan fingerprint density at radius 3 is 2.72 bits per heavy atom. The maximum Gasteiger partial charge on any atom is 0.251 e. The fraction of sp³-hybridized carbons (Fsp3) is 0.200. The molecule has 25 heavy (non-hydrogen) atoms. The van der Waals surface area contributed by atoms with Crippen LogP contribution in [0.1, 0.15) is 16.8 Å². The van der Waals surface area contributed by atoms with Crippen molar-refractivity contribution in [1.29, 1.82) is 0 Å². The standard InChI is InChI=1S/C20H19N3OS/c24-20(16-8-6-15(7-9-16)18-4-3-13-25-18)22-17-10-12-23(14-17)19-5-1-2-11-21-19/h1-9,11,13,17H,10,12,14H2,(H,22,24)/t17-/m1/s1. The lowest BCUT2D eigenvalue weighted by atomic mass is 10.1. The Balaban J connectivity index is 1.38. The average Bonchev–Trinajstić information content (AvgIpc) is 3.35. The number of anilines is 1. The summed E-state index contributed by atoms with van der Waals surface area (Å²) in [6.07, 6.45) is 2.74. The predicted molar refractivity (Wildman–Crippen MR) is 102 cm³/mol. The average molecular weight is 349 g/mol. The number of nitrogens with one attached hydrogen (secondary N) is 1. The van der Waals surface area contributed by atoms with E-state index in [1.165, 1.54) is 4.88 Å². The van der Waals surface area contributed by atoms with E-state index in [1.807, 2.05) is 48.5 Å². The van der Waals surface area contributed by atoms with Crippen molar-refractivity contribution < 1.29 is 4.79 Å². The van der Waals surface area contributed by atoms with Crippen LogP contribution in [0.25, 0.3) is 10.4 Å². The second-order valence-electron chi connectivity index (χ2n) is 6.15. The predicted octanol–water partition coefficient (Wildman–Crippen LogP) is 3.82. The van der Waals surface area contributed by atoms with E-state index < -0.39 is 0 Å². The van der Waals surface area contributed by atoms with Gasteiger partial charge in [-0.05, 0) is 47.7 Å². The Morgan fingerprint density at radius 2 is 2.00 bits per heavy atom. The van der Waals surface area contributed by atoms with Gasteiger partial charge in [-0.15, -0.1) is 11.3 Å².